The van der Waals surface area contributed by atoms with Gasteiger partial charge in [0.1, 0.15) is 12.3 Å². The third kappa shape index (κ3) is 3.38. The second kappa shape index (κ2) is 7.94. The fraction of sp³-hybridized carbons (Fsp3) is 0.286. The summed E-state index contributed by atoms with van der Waals surface area (Å²) >= 11 is 0. The van der Waals surface area contributed by atoms with Crippen LogP contribution >= 0.6 is 0 Å². The summed E-state index contributed by atoms with van der Waals surface area (Å²) in [5, 5.41) is 11.8. The number of rotatable bonds is 6. The molecule has 2 aliphatic rings. The molecular weight excluding hydrogens is 386 g/mol. The number of hydrogen-bond donors (Lipinski definition) is 1. The summed E-state index contributed by atoms with van der Waals surface area (Å²) in [4.78, 5) is 39.4. The molecule has 9 heteroatoms. The molecule has 9 nitrogen and oxygen atoms in total. The molecule has 4 rings (SSSR count). The Bertz CT molecular complexity index is 1020. The van der Waals surface area contributed by atoms with E-state index in [-0.39, 0.29) is 6.54 Å². The van der Waals surface area contributed by atoms with Gasteiger partial charge in [0.05, 0.1) is 18.5 Å². The zero-order valence-corrected chi connectivity index (χ0v) is 16.6. The van der Waals surface area contributed by atoms with Crippen molar-refractivity contribution >= 4 is 29.1 Å². The summed E-state index contributed by atoms with van der Waals surface area (Å²) in [7, 11) is 1.51. The summed E-state index contributed by atoms with van der Waals surface area (Å²) < 4.78 is 5.22. The monoisotopic (exact) mass is 407 g/mol. The summed E-state index contributed by atoms with van der Waals surface area (Å²) in [6.07, 6.45) is 0.858. The van der Waals surface area contributed by atoms with Crippen LogP contribution in [0, 0.1) is 0 Å². The van der Waals surface area contributed by atoms with Gasteiger partial charge in [0.25, 0.3) is 11.8 Å². The lowest BCUT2D eigenvalue weighted by atomic mass is 10.1. The molecule has 1 N–H and O–H groups in total. The molecule has 2 aromatic carbocycles. The summed E-state index contributed by atoms with van der Waals surface area (Å²) in [5.74, 6) is -0.763. The van der Waals surface area contributed by atoms with E-state index in [1.54, 1.807) is 36.4 Å². The first-order valence-electron chi connectivity index (χ1n) is 9.60. The maximum Gasteiger partial charge on any atom is 0.263 e. The van der Waals surface area contributed by atoms with Gasteiger partial charge < -0.3 is 10.1 Å². The molecule has 0 aliphatic carbocycles. The molecule has 0 radical (unpaired) electrons. The molecule has 2 heterocycles. The van der Waals surface area contributed by atoms with Gasteiger partial charge in [-0.15, -0.1) is 0 Å². The average Bonchev–Trinajstić information content (AvgIpc) is 3.28. The number of benzene rings is 2. The number of ether oxygens (including phenoxy) is 1. The first-order valence-corrected chi connectivity index (χ1v) is 9.60. The molecule has 2 aliphatic heterocycles. The predicted octanol–water partition coefficient (Wildman–Crippen LogP) is 2.19. The number of nitrogens with one attached hydrogen (secondary N) is 1. The van der Waals surface area contributed by atoms with Gasteiger partial charge >= 0.3 is 0 Å². The number of imide groups is 1. The van der Waals surface area contributed by atoms with Crippen LogP contribution in [0.3, 0.4) is 0 Å². The summed E-state index contributed by atoms with van der Waals surface area (Å²) in [6, 6.07) is 12.4. The quantitative estimate of drug-likeness (QED) is 0.740. The number of aryl methyl sites for hydroxylation is 1. The number of para-hydroxylation sites is 2. The predicted molar refractivity (Wildman–Crippen MR) is 109 cm³/mol. The Morgan fingerprint density at radius 2 is 1.83 bits per heavy atom. The zero-order valence-electron chi connectivity index (χ0n) is 16.6. The van der Waals surface area contributed by atoms with Crippen molar-refractivity contribution < 1.29 is 19.1 Å². The first kappa shape index (κ1) is 19.6. The van der Waals surface area contributed by atoms with Gasteiger partial charge in [0.2, 0.25) is 5.91 Å². The van der Waals surface area contributed by atoms with Gasteiger partial charge in [-0.25, -0.2) is 4.90 Å². The lowest BCUT2D eigenvalue weighted by molar-refractivity contribution is -0.123. The number of amides is 3. The Morgan fingerprint density at radius 1 is 1.10 bits per heavy atom. The van der Waals surface area contributed by atoms with E-state index in [0.29, 0.717) is 17.1 Å². The Hall–Kier alpha value is -3.75. The first-order chi connectivity index (χ1) is 14.5. The molecule has 30 heavy (non-hydrogen) atoms. The van der Waals surface area contributed by atoms with Crippen LogP contribution in [0.15, 0.2) is 58.9 Å². The van der Waals surface area contributed by atoms with Crippen LogP contribution in [0.5, 0.6) is 5.75 Å². The minimum absolute atomic E-state index is 0.218. The van der Waals surface area contributed by atoms with Crippen LogP contribution in [0.1, 0.15) is 12.5 Å². The van der Waals surface area contributed by atoms with E-state index in [9.17, 15) is 14.4 Å². The molecule has 0 saturated carbocycles. The highest BCUT2D eigenvalue weighted by Gasteiger charge is 2.55. The smallest absolute Gasteiger partial charge is 0.263 e. The van der Waals surface area contributed by atoms with Crippen molar-refractivity contribution in [1.29, 1.82) is 0 Å². The number of fused-ring (bicyclic) bond motifs is 1. The molecule has 0 bridgehead atoms. The van der Waals surface area contributed by atoms with Crippen molar-refractivity contribution in [2.24, 2.45) is 10.3 Å². The normalized spacial score (nSPS) is 19.9. The van der Waals surface area contributed by atoms with Crippen molar-refractivity contribution in [1.82, 2.24) is 5.01 Å². The molecule has 2 atom stereocenters. The standard InChI is InChI=1S/C21H21N5O4/c1-3-13-8-10-14(11-9-13)26-20(28)18-19(21(26)29)25(24-23-18)12-17(27)22-15-6-4-5-7-16(15)30-2/h4-11,18-19H,3,12H2,1-2H3,(H,22,27)/t18-,19-/m1/s1. The minimum Gasteiger partial charge on any atom is -0.495 e. The van der Waals surface area contributed by atoms with Gasteiger partial charge in [-0.05, 0) is 36.2 Å². The second-order valence-corrected chi connectivity index (χ2v) is 6.97. The van der Waals surface area contributed by atoms with Gasteiger partial charge in [-0.3, -0.25) is 19.4 Å². The third-order valence-electron chi connectivity index (χ3n) is 5.15. The van der Waals surface area contributed by atoms with Crippen LogP contribution in [0.4, 0.5) is 11.4 Å². The summed E-state index contributed by atoms with van der Waals surface area (Å²) in [6.45, 7) is 1.81. The van der Waals surface area contributed by atoms with E-state index < -0.39 is 29.8 Å². The van der Waals surface area contributed by atoms with Crippen molar-refractivity contribution in [3.8, 4) is 5.75 Å². The minimum atomic E-state index is -0.942. The Kier molecular flexibility index (Phi) is 5.18. The van der Waals surface area contributed by atoms with Crippen molar-refractivity contribution in [3.63, 3.8) is 0 Å². The van der Waals surface area contributed by atoms with Gasteiger partial charge in [0.15, 0.2) is 12.1 Å². The molecular formula is C21H21N5O4. The Morgan fingerprint density at radius 3 is 2.53 bits per heavy atom. The Balaban J connectivity index is 1.48. The number of nitrogens with zero attached hydrogens (tertiary/aromatic N) is 4. The van der Waals surface area contributed by atoms with Crippen molar-refractivity contribution in [2.75, 3.05) is 23.9 Å². The molecule has 154 valence electrons. The SMILES string of the molecule is CCc1ccc(N2C(=O)[C@@H]3N=NN(CC(=O)Nc4ccccc4OC)[C@H]3C2=O)cc1. The lowest BCUT2D eigenvalue weighted by Crippen LogP contribution is -2.43. The van der Waals surface area contributed by atoms with Crippen LogP contribution in [-0.2, 0) is 20.8 Å². The van der Waals surface area contributed by atoms with E-state index in [2.05, 4.69) is 15.7 Å². The van der Waals surface area contributed by atoms with Crippen LogP contribution in [-0.4, -0.2) is 48.5 Å². The number of methoxy groups -OCH3 is 1. The van der Waals surface area contributed by atoms with Crippen LogP contribution in [0.2, 0.25) is 0 Å². The molecule has 0 spiro atoms. The molecule has 1 fully saturated rings. The maximum absolute atomic E-state index is 13.0. The fourth-order valence-electron chi connectivity index (χ4n) is 3.57. The molecule has 3 amide bonds. The number of carbonyl (C=O) groups is 3. The van der Waals surface area contributed by atoms with E-state index in [4.69, 9.17) is 4.74 Å². The molecule has 2 aromatic rings. The average molecular weight is 407 g/mol. The van der Waals surface area contributed by atoms with E-state index >= 15 is 0 Å². The third-order valence-corrected chi connectivity index (χ3v) is 5.15. The fourth-order valence-corrected chi connectivity index (χ4v) is 3.57. The highest BCUT2D eigenvalue weighted by molar-refractivity contribution is 6.25. The van der Waals surface area contributed by atoms with Crippen LogP contribution in [0.25, 0.3) is 0 Å². The number of anilines is 2. The van der Waals surface area contributed by atoms with Crippen LogP contribution < -0.4 is 15.0 Å². The Labute approximate surface area is 173 Å². The second-order valence-electron chi connectivity index (χ2n) is 6.97. The maximum atomic E-state index is 13.0. The summed E-state index contributed by atoms with van der Waals surface area (Å²) in [5.41, 5.74) is 2.10. The van der Waals surface area contributed by atoms with E-state index in [0.717, 1.165) is 16.9 Å². The van der Waals surface area contributed by atoms with Gasteiger partial charge in [-0.1, -0.05) is 36.4 Å². The van der Waals surface area contributed by atoms with E-state index in [1.807, 2.05) is 19.1 Å². The highest BCUT2D eigenvalue weighted by atomic mass is 16.5. The van der Waals surface area contributed by atoms with Gasteiger partial charge in [-0.2, -0.15) is 5.11 Å². The van der Waals surface area contributed by atoms with Crippen molar-refractivity contribution in [3.05, 3.63) is 54.1 Å². The lowest BCUT2D eigenvalue weighted by Gasteiger charge is -2.20. The molecule has 1 saturated heterocycles. The largest absolute Gasteiger partial charge is 0.495 e. The van der Waals surface area contributed by atoms with E-state index in [1.165, 1.54) is 12.1 Å². The topological polar surface area (TPSA) is 104 Å². The van der Waals surface area contributed by atoms with Crippen molar-refractivity contribution in [2.45, 2.75) is 25.4 Å². The number of hydrogen-bond acceptors (Lipinski definition) is 7. The van der Waals surface area contributed by atoms with Gasteiger partial charge in [0, 0.05) is 0 Å². The molecule has 0 aromatic heterocycles. The highest BCUT2D eigenvalue weighted by Crippen LogP contribution is 2.32. The zero-order chi connectivity index (χ0) is 21.3. The number of carbonyl (C=O) groups excluding carboxylic acids is 3. The molecule has 0 unspecified atom stereocenters.